The van der Waals surface area contributed by atoms with Crippen molar-refractivity contribution in [2.75, 3.05) is 18.1 Å². The first kappa shape index (κ1) is 15.4. The van der Waals surface area contributed by atoms with Gasteiger partial charge in [0.15, 0.2) is 0 Å². The zero-order chi connectivity index (χ0) is 15.5. The van der Waals surface area contributed by atoms with Gasteiger partial charge in [-0.2, -0.15) is 0 Å². The second kappa shape index (κ2) is 7.17. The maximum absolute atomic E-state index is 6.25. The van der Waals surface area contributed by atoms with E-state index in [2.05, 4.69) is 36.4 Å². The minimum Gasteiger partial charge on any atom is -0.550 e. The summed E-state index contributed by atoms with van der Waals surface area (Å²) in [5.41, 5.74) is 0. The summed E-state index contributed by atoms with van der Waals surface area (Å²) in [6, 6.07) is 14.5. The molecule has 122 valence electrons. The van der Waals surface area contributed by atoms with Crippen molar-refractivity contribution >= 4 is 21.7 Å². The van der Waals surface area contributed by atoms with Crippen LogP contribution in [0.1, 0.15) is 44.9 Å². The zero-order valence-corrected chi connectivity index (χ0v) is 14.7. The fourth-order valence-electron chi connectivity index (χ4n) is 3.96. The molecule has 23 heavy (non-hydrogen) atoms. The van der Waals surface area contributed by atoms with Gasteiger partial charge in [-0.25, -0.2) is 0 Å². The Hall–Kier alpha value is -1.15. The van der Waals surface area contributed by atoms with Gasteiger partial charge in [-0.3, -0.25) is 0 Å². The molecule has 4 rings (SSSR count). The quantitative estimate of drug-likeness (QED) is 0.542. The molecule has 1 aliphatic carbocycles. The molecule has 0 radical (unpaired) electrons. The Labute approximate surface area is 142 Å². The van der Waals surface area contributed by atoms with E-state index in [4.69, 9.17) is 4.74 Å². The van der Waals surface area contributed by atoms with Crippen LogP contribution in [0.4, 0.5) is 0 Å². The van der Waals surface area contributed by atoms with E-state index in [9.17, 15) is 0 Å². The van der Waals surface area contributed by atoms with Gasteiger partial charge in [-0.1, -0.05) is 48.2 Å². The number of rotatable bonds is 4. The van der Waals surface area contributed by atoms with E-state index in [0.29, 0.717) is 10.9 Å². The van der Waals surface area contributed by atoms with Crippen LogP contribution >= 0.6 is 0 Å². The normalized spacial score (nSPS) is 20.2. The van der Waals surface area contributed by atoms with Crippen molar-refractivity contribution in [1.29, 1.82) is 0 Å². The Morgan fingerprint density at radius 1 is 0.957 bits per heavy atom. The summed E-state index contributed by atoms with van der Waals surface area (Å²) in [5.74, 6) is 4.49. The monoisotopic (exact) mass is 326 g/mol. The molecule has 0 spiro atoms. The zero-order valence-electron chi connectivity index (χ0n) is 13.9. The lowest BCUT2D eigenvalue weighted by molar-refractivity contribution is 0.210. The Morgan fingerprint density at radius 3 is 2.48 bits per heavy atom. The molecule has 1 saturated carbocycles. The van der Waals surface area contributed by atoms with Gasteiger partial charge in [-0.15, -0.1) is 18.2 Å². The molecule has 0 unspecified atom stereocenters. The first-order valence-electron chi connectivity index (χ1n) is 9.15. The van der Waals surface area contributed by atoms with Crippen LogP contribution in [-0.2, 0) is 10.9 Å². The highest BCUT2D eigenvalue weighted by molar-refractivity contribution is 7.97. The highest BCUT2D eigenvalue weighted by Gasteiger charge is 2.25. The number of benzene rings is 2. The molecule has 0 bridgehead atoms. The smallest absolute Gasteiger partial charge is 0.111 e. The molecule has 1 nitrogen and oxygen atoms in total. The summed E-state index contributed by atoms with van der Waals surface area (Å²) in [5, 5.41) is 2.66. The fourth-order valence-corrected chi connectivity index (χ4v) is 6.39. The van der Waals surface area contributed by atoms with Crippen molar-refractivity contribution in [3.05, 3.63) is 36.4 Å². The van der Waals surface area contributed by atoms with Crippen LogP contribution in [-0.4, -0.2) is 18.1 Å². The van der Waals surface area contributed by atoms with Crippen LogP contribution in [0.15, 0.2) is 35.2 Å². The Morgan fingerprint density at radius 2 is 1.70 bits per heavy atom. The Bertz CT molecular complexity index is 654. The molecule has 1 aliphatic heterocycles. The lowest BCUT2D eigenvalue weighted by Crippen LogP contribution is -2.15. The fraction of sp³-hybridized carbons (Fsp3) is 0.524. The standard InChI is InChI=1S/C21H26OS/c1-2-8-17(9-3-1)16-22-20-12-13-21(23-14-6-7-15-23)19-11-5-4-10-18(19)20/h4-5,10-12,17H,1-3,6-9,14-16H2. The molecule has 0 atom stereocenters. The summed E-state index contributed by atoms with van der Waals surface area (Å²) >= 11 is 0. The lowest BCUT2D eigenvalue weighted by atomic mass is 9.90. The number of hydrogen-bond donors (Lipinski definition) is 0. The molecular weight excluding hydrogens is 300 g/mol. The Kier molecular flexibility index (Phi) is 4.80. The molecule has 1 heterocycles. The highest BCUT2D eigenvalue weighted by atomic mass is 32.2. The van der Waals surface area contributed by atoms with Crippen LogP contribution in [0.3, 0.4) is 0 Å². The summed E-state index contributed by atoms with van der Waals surface area (Å²) in [6.45, 7) is 0.878. The van der Waals surface area contributed by atoms with Crippen LogP contribution in [0.5, 0.6) is 5.75 Å². The maximum Gasteiger partial charge on any atom is 0.111 e. The topological polar surface area (TPSA) is 9.23 Å². The summed E-state index contributed by atoms with van der Waals surface area (Å²) in [6.07, 6.45) is 9.60. The third-order valence-electron chi connectivity index (χ3n) is 5.29. The Balaban J connectivity index is 1.58. The third-order valence-corrected chi connectivity index (χ3v) is 7.77. The molecule has 2 aliphatic rings. The van der Waals surface area contributed by atoms with E-state index in [-0.39, 0.29) is 0 Å². The van der Waals surface area contributed by atoms with E-state index in [0.717, 1.165) is 18.3 Å². The van der Waals surface area contributed by atoms with Crippen LogP contribution in [0.25, 0.3) is 10.8 Å². The van der Waals surface area contributed by atoms with Gasteiger partial charge in [-0.05, 0) is 42.5 Å². The van der Waals surface area contributed by atoms with Crippen molar-refractivity contribution in [3.63, 3.8) is 0 Å². The van der Waals surface area contributed by atoms with E-state index in [1.54, 1.807) is 0 Å². The molecule has 2 fully saturated rings. The highest BCUT2D eigenvalue weighted by Crippen LogP contribution is 2.35. The number of ether oxygens (including phenoxy) is 1. The van der Waals surface area contributed by atoms with Crippen molar-refractivity contribution in [1.82, 2.24) is 0 Å². The molecule has 1 saturated heterocycles. The van der Waals surface area contributed by atoms with E-state index in [1.165, 1.54) is 72.1 Å². The van der Waals surface area contributed by atoms with E-state index < -0.39 is 0 Å². The van der Waals surface area contributed by atoms with Crippen molar-refractivity contribution < 1.29 is 4.74 Å². The summed E-state index contributed by atoms with van der Waals surface area (Å²) in [4.78, 5) is 1.45. The first-order chi connectivity index (χ1) is 11.4. The molecule has 0 amide bonds. The van der Waals surface area contributed by atoms with Crippen molar-refractivity contribution in [2.45, 2.75) is 49.8 Å². The summed E-state index contributed by atoms with van der Waals surface area (Å²) < 4.78 is 6.25. The third kappa shape index (κ3) is 3.38. The van der Waals surface area contributed by atoms with Crippen molar-refractivity contribution in [3.8, 4) is 5.75 Å². The van der Waals surface area contributed by atoms with Crippen LogP contribution in [0.2, 0.25) is 0 Å². The molecule has 2 aromatic rings. The maximum atomic E-state index is 6.25. The largest absolute Gasteiger partial charge is 0.550 e. The lowest BCUT2D eigenvalue weighted by Gasteiger charge is -2.25. The predicted molar refractivity (Wildman–Crippen MR) is 99.5 cm³/mol. The molecule has 0 N–H and O–H groups in total. The average molecular weight is 327 g/mol. The van der Waals surface area contributed by atoms with E-state index >= 15 is 0 Å². The van der Waals surface area contributed by atoms with Gasteiger partial charge in [0, 0.05) is 5.75 Å². The molecule has 2 aromatic carbocycles. The minimum atomic E-state index is 0.407. The van der Waals surface area contributed by atoms with Gasteiger partial charge in [0.1, 0.15) is 11.5 Å². The second-order valence-electron chi connectivity index (χ2n) is 6.95. The van der Waals surface area contributed by atoms with Crippen LogP contribution < -0.4 is 4.74 Å². The average Bonchev–Trinajstić information content (AvgIpc) is 3.15. The van der Waals surface area contributed by atoms with Crippen LogP contribution in [0, 0.1) is 12.0 Å². The molecule has 2 heteroatoms. The SMILES string of the molecule is [c-]1cc(OCC2CCCCC2)c2ccccc2c1[S+]1CCCC1. The van der Waals surface area contributed by atoms with Gasteiger partial charge in [0.05, 0.1) is 11.5 Å². The van der Waals surface area contributed by atoms with Gasteiger partial charge in [0.2, 0.25) is 0 Å². The molecular formula is C21H26OS. The first-order valence-corrected chi connectivity index (χ1v) is 10.7. The van der Waals surface area contributed by atoms with Gasteiger partial charge < -0.3 is 4.74 Å². The summed E-state index contributed by atoms with van der Waals surface area (Å²) in [7, 11) is 0.407. The minimum absolute atomic E-state index is 0.407. The van der Waals surface area contributed by atoms with E-state index in [1.807, 2.05) is 0 Å². The number of fused-ring (bicyclic) bond motifs is 1. The molecule has 0 aromatic heterocycles. The van der Waals surface area contributed by atoms with Gasteiger partial charge >= 0.3 is 0 Å². The predicted octanol–water partition coefficient (Wildman–Crippen LogP) is 5.37. The van der Waals surface area contributed by atoms with Crippen molar-refractivity contribution in [2.24, 2.45) is 5.92 Å². The number of hydrogen-bond acceptors (Lipinski definition) is 1. The van der Waals surface area contributed by atoms with Gasteiger partial charge in [0.25, 0.3) is 0 Å². The second-order valence-corrected chi connectivity index (χ2v) is 9.16.